The third-order valence-electron chi connectivity index (χ3n) is 2.69. The van der Waals surface area contributed by atoms with Gasteiger partial charge < -0.3 is 10.7 Å². The second-order valence-electron chi connectivity index (χ2n) is 4.57. The summed E-state index contributed by atoms with van der Waals surface area (Å²) in [6.45, 7) is 4.50. The van der Waals surface area contributed by atoms with Crippen LogP contribution in [0.5, 0.6) is 0 Å². The SMILES string of the molecule is CC(C)CCc1cc2cc(N)ccc2[nH]1. The minimum atomic E-state index is 0.751. The topological polar surface area (TPSA) is 41.8 Å². The maximum absolute atomic E-state index is 5.74. The van der Waals surface area contributed by atoms with Crippen LogP contribution in [-0.4, -0.2) is 4.98 Å². The average molecular weight is 202 g/mol. The van der Waals surface area contributed by atoms with Crippen LogP contribution >= 0.6 is 0 Å². The van der Waals surface area contributed by atoms with Crippen LogP contribution in [0.4, 0.5) is 5.69 Å². The Balaban J connectivity index is 2.23. The molecule has 0 saturated carbocycles. The highest BCUT2D eigenvalue weighted by Crippen LogP contribution is 2.19. The largest absolute Gasteiger partial charge is 0.399 e. The van der Waals surface area contributed by atoms with Crippen molar-refractivity contribution in [2.75, 3.05) is 5.73 Å². The van der Waals surface area contributed by atoms with Crippen molar-refractivity contribution in [2.45, 2.75) is 26.7 Å². The molecular weight excluding hydrogens is 184 g/mol. The summed E-state index contributed by atoms with van der Waals surface area (Å²) in [7, 11) is 0. The first-order chi connectivity index (χ1) is 7.15. The summed E-state index contributed by atoms with van der Waals surface area (Å²) in [6, 6.07) is 8.20. The van der Waals surface area contributed by atoms with Crippen LogP contribution in [0.25, 0.3) is 10.9 Å². The summed E-state index contributed by atoms with van der Waals surface area (Å²) in [5.41, 5.74) is 9.06. The predicted octanol–water partition coefficient (Wildman–Crippen LogP) is 3.34. The molecule has 1 aromatic carbocycles. The average Bonchev–Trinajstić information content (AvgIpc) is 2.56. The van der Waals surface area contributed by atoms with Crippen molar-refractivity contribution in [1.82, 2.24) is 4.98 Å². The van der Waals surface area contributed by atoms with Gasteiger partial charge >= 0.3 is 0 Å². The zero-order chi connectivity index (χ0) is 10.8. The highest BCUT2D eigenvalue weighted by molar-refractivity contribution is 5.83. The van der Waals surface area contributed by atoms with Crippen LogP contribution in [0.15, 0.2) is 24.3 Å². The maximum atomic E-state index is 5.74. The van der Waals surface area contributed by atoms with Crippen molar-refractivity contribution < 1.29 is 0 Å². The Bertz CT molecular complexity index is 455. The Hall–Kier alpha value is -1.44. The Kier molecular flexibility index (Phi) is 2.67. The molecule has 0 bridgehead atoms. The molecule has 1 aromatic heterocycles. The number of aromatic nitrogens is 1. The van der Waals surface area contributed by atoms with E-state index in [1.807, 2.05) is 18.2 Å². The number of hydrogen-bond donors (Lipinski definition) is 2. The van der Waals surface area contributed by atoms with E-state index >= 15 is 0 Å². The molecule has 15 heavy (non-hydrogen) atoms. The zero-order valence-electron chi connectivity index (χ0n) is 9.38. The van der Waals surface area contributed by atoms with E-state index in [-0.39, 0.29) is 0 Å². The lowest BCUT2D eigenvalue weighted by molar-refractivity contribution is 0.583. The summed E-state index contributed by atoms with van der Waals surface area (Å²) in [4.78, 5) is 3.42. The van der Waals surface area contributed by atoms with Crippen LogP contribution < -0.4 is 5.73 Å². The van der Waals surface area contributed by atoms with E-state index in [9.17, 15) is 0 Å². The Morgan fingerprint density at radius 1 is 1.27 bits per heavy atom. The molecule has 2 rings (SSSR count). The number of hydrogen-bond acceptors (Lipinski definition) is 1. The predicted molar refractivity (Wildman–Crippen MR) is 65.9 cm³/mol. The molecule has 0 aliphatic heterocycles. The molecule has 0 spiro atoms. The maximum Gasteiger partial charge on any atom is 0.0457 e. The van der Waals surface area contributed by atoms with Crippen molar-refractivity contribution in [2.24, 2.45) is 5.92 Å². The number of aromatic amines is 1. The van der Waals surface area contributed by atoms with E-state index in [2.05, 4.69) is 24.9 Å². The molecule has 0 amide bonds. The van der Waals surface area contributed by atoms with Crippen molar-refractivity contribution in [3.8, 4) is 0 Å². The number of fused-ring (bicyclic) bond motifs is 1. The number of nitrogens with two attached hydrogens (primary N) is 1. The molecule has 0 aliphatic carbocycles. The molecular formula is C13H18N2. The molecule has 2 aromatic rings. The van der Waals surface area contributed by atoms with Crippen LogP contribution in [0.2, 0.25) is 0 Å². The lowest BCUT2D eigenvalue weighted by Crippen LogP contribution is -1.91. The molecule has 0 saturated heterocycles. The number of H-pyrrole nitrogens is 1. The minimum Gasteiger partial charge on any atom is -0.399 e. The van der Waals surface area contributed by atoms with Gasteiger partial charge in [0, 0.05) is 22.3 Å². The molecule has 0 atom stereocenters. The van der Waals surface area contributed by atoms with Gasteiger partial charge in [-0.2, -0.15) is 0 Å². The third kappa shape index (κ3) is 2.32. The zero-order valence-corrected chi connectivity index (χ0v) is 9.38. The van der Waals surface area contributed by atoms with Gasteiger partial charge in [-0.25, -0.2) is 0 Å². The van der Waals surface area contributed by atoms with E-state index in [0.717, 1.165) is 18.0 Å². The first kappa shape index (κ1) is 10.1. The second-order valence-corrected chi connectivity index (χ2v) is 4.57. The van der Waals surface area contributed by atoms with E-state index in [4.69, 9.17) is 5.73 Å². The quantitative estimate of drug-likeness (QED) is 0.736. The summed E-state index contributed by atoms with van der Waals surface area (Å²) in [6.07, 6.45) is 2.34. The van der Waals surface area contributed by atoms with Crippen LogP contribution in [0.1, 0.15) is 26.0 Å². The summed E-state index contributed by atoms with van der Waals surface area (Å²) >= 11 is 0. The molecule has 0 radical (unpaired) electrons. The van der Waals surface area contributed by atoms with Gasteiger partial charge in [-0.15, -0.1) is 0 Å². The fraction of sp³-hybridized carbons (Fsp3) is 0.385. The van der Waals surface area contributed by atoms with Crippen molar-refractivity contribution in [3.05, 3.63) is 30.0 Å². The fourth-order valence-corrected chi connectivity index (χ4v) is 1.79. The standard InChI is InChI=1S/C13H18N2/c1-9(2)3-5-12-8-10-7-11(14)4-6-13(10)15-12/h4,6-9,15H,3,5,14H2,1-2H3. The van der Waals surface area contributed by atoms with Crippen LogP contribution in [0.3, 0.4) is 0 Å². The molecule has 0 fully saturated rings. The fourth-order valence-electron chi connectivity index (χ4n) is 1.79. The van der Waals surface area contributed by atoms with E-state index < -0.39 is 0 Å². The van der Waals surface area contributed by atoms with Crippen molar-refractivity contribution >= 4 is 16.6 Å². The summed E-state index contributed by atoms with van der Waals surface area (Å²) < 4.78 is 0. The Morgan fingerprint density at radius 2 is 2.07 bits per heavy atom. The highest BCUT2D eigenvalue weighted by atomic mass is 14.7. The molecule has 2 nitrogen and oxygen atoms in total. The van der Waals surface area contributed by atoms with Crippen LogP contribution in [-0.2, 0) is 6.42 Å². The third-order valence-corrected chi connectivity index (χ3v) is 2.69. The second kappa shape index (κ2) is 3.97. The molecule has 0 aliphatic rings. The number of rotatable bonds is 3. The van der Waals surface area contributed by atoms with Gasteiger partial charge in [0.2, 0.25) is 0 Å². The summed E-state index contributed by atoms with van der Waals surface area (Å²) in [5, 5.41) is 1.22. The molecule has 3 N–H and O–H groups in total. The monoisotopic (exact) mass is 202 g/mol. The van der Waals surface area contributed by atoms with Crippen molar-refractivity contribution in [1.29, 1.82) is 0 Å². The van der Waals surface area contributed by atoms with Crippen molar-refractivity contribution in [3.63, 3.8) is 0 Å². The van der Waals surface area contributed by atoms with Gasteiger partial charge in [0.25, 0.3) is 0 Å². The van der Waals surface area contributed by atoms with E-state index in [1.165, 1.54) is 23.0 Å². The first-order valence-corrected chi connectivity index (χ1v) is 5.52. The molecule has 2 heteroatoms. The number of benzene rings is 1. The Morgan fingerprint density at radius 3 is 2.80 bits per heavy atom. The molecule has 0 unspecified atom stereocenters. The van der Waals surface area contributed by atoms with Gasteiger partial charge in [0.15, 0.2) is 0 Å². The highest BCUT2D eigenvalue weighted by Gasteiger charge is 2.02. The minimum absolute atomic E-state index is 0.751. The lowest BCUT2D eigenvalue weighted by Gasteiger charge is -2.01. The molecule has 1 heterocycles. The number of anilines is 1. The van der Waals surface area contributed by atoms with Gasteiger partial charge in [-0.1, -0.05) is 13.8 Å². The smallest absolute Gasteiger partial charge is 0.0457 e. The van der Waals surface area contributed by atoms with Gasteiger partial charge in [0.1, 0.15) is 0 Å². The lowest BCUT2D eigenvalue weighted by atomic mass is 10.1. The van der Waals surface area contributed by atoms with Gasteiger partial charge in [0.05, 0.1) is 0 Å². The van der Waals surface area contributed by atoms with Gasteiger partial charge in [-0.05, 0) is 43.0 Å². The Labute approximate surface area is 90.5 Å². The number of nitrogens with one attached hydrogen (secondary N) is 1. The van der Waals surface area contributed by atoms with Crippen LogP contribution in [0, 0.1) is 5.92 Å². The first-order valence-electron chi connectivity index (χ1n) is 5.52. The van der Waals surface area contributed by atoms with E-state index in [0.29, 0.717) is 0 Å². The normalized spacial score (nSPS) is 11.4. The molecule has 80 valence electrons. The number of nitrogen functional groups attached to an aromatic ring is 1. The van der Waals surface area contributed by atoms with E-state index in [1.54, 1.807) is 0 Å². The summed E-state index contributed by atoms with van der Waals surface area (Å²) in [5.74, 6) is 0.751. The number of aryl methyl sites for hydroxylation is 1. The van der Waals surface area contributed by atoms with Gasteiger partial charge in [-0.3, -0.25) is 0 Å².